The molecule has 1 fully saturated rings. The van der Waals surface area contributed by atoms with Crippen LogP contribution in [0.4, 0.5) is 0 Å². The largest absolute Gasteiger partial charge is 0.304 e. The lowest BCUT2D eigenvalue weighted by atomic mass is 10.00. The third-order valence-electron chi connectivity index (χ3n) is 4.88. The molecule has 0 amide bonds. The van der Waals surface area contributed by atoms with Gasteiger partial charge in [0.1, 0.15) is 5.82 Å². The molecule has 124 valence electrons. The van der Waals surface area contributed by atoms with Gasteiger partial charge in [-0.15, -0.1) is 0 Å². The molecule has 0 aromatic carbocycles. The number of likely N-dealkylation sites (tertiary alicyclic amines) is 1. The van der Waals surface area contributed by atoms with Crippen molar-refractivity contribution in [3.8, 4) is 0 Å². The summed E-state index contributed by atoms with van der Waals surface area (Å²) in [6, 6.07) is 1.05. The summed E-state index contributed by atoms with van der Waals surface area (Å²) >= 11 is 0. The molecule has 2 aliphatic rings. The monoisotopic (exact) mass is 305 g/mol. The third-order valence-corrected chi connectivity index (χ3v) is 4.88. The number of piperidine rings is 1. The molecule has 1 N–H and O–H groups in total. The van der Waals surface area contributed by atoms with Crippen LogP contribution in [0.15, 0.2) is 0 Å². The summed E-state index contributed by atoms with van der Waals surface area (Å²) in [7, 11) is 0. The van der Waals surface area contributed by atoms with Crippen molar-refractivity contribution in [2.45, 2.75) is 71.5 Å². The molecule has 5 heteroatoms. The van der Waals surface area contributed by atoms with Gasteiger partial charge >= 0.3 is 0 Å². The molecule has 1 saturated heterocycles. The van der Waals surface area contributed by atoms with Crippen molar-refractivity contribution in [2.75, 3.05) is 19.6 Å². The van der Waals surface area contributed by atoms with Crippen LogP contribution in [0.1, 0.15) is 64.1 Å². The van der Waals surface area contributed by atoms with Gasteiger partial charge in [-0.3, -0.25) is 0 Å². The first-order valence-electron chi connectivity index (χ1n) is 9.07. The Morgan fingerprint density at radius 3 is 2.64 bits per heavy atom. The minimum atomic E-state index is 0.406. The van der Waals surface area contributed by atoms with Crippen LogP contribution in [0.2, 0.25) is 0 Å². The molecule has 5 nitrogen and oxygen atoms in total. The normalized spacial score (nSPS) is 23.9. The van der Waals surface area contributed by atoms with E-state index in [0.717, 1.165) is 24.7 Å². The van der Waals surface area contributed by atoms with Gasteiger partial charge in [0.2, 0.25) is 0 Å². The number of aryl methyl sites for hydroxylation is 2. The Balaban J connectivity index is 1.56. The second-order valence-electron chi connectivity index (χ2n) is 7.29. The fourth-order valence-electron chi connectivity index (χ4n) is 3.79. The summed E-state index contributed by atoms with van der Waals surface area (Å²) in [6.45, 7) is 11.5. The standard InChI is InChI=1S/C17H31N5/c1-4-16-19-17-15(6-5-9-22(17)20-16)18-14-7-10-21(11-8-14)12-13(2)3/h13-15,18H,4-12H2,1-3H3/t15-/m0/s1. The summed E-state index contributed by atoms with van der Waals surface area (Å²) in [5.74, 6) is 2.94. The molecule has 0 saturated carbocycles. The number of rotatable bonds is 5. The van der Waals surface area contributed by atoms with E-state index in [0.29, 0.717) is 12.1 Å². The summed E-state index contributed by atoms with van der Waals surface area (Å²) < 4.78 is 2.13. The third kappa shape index (κ3) is 3.69. The first-order valence-corrected chi connectivity index (χ1v) is 9.07. The quantitative estimate of drug-likeness (QED) is 0.907. The maximum atomic E-state index is 4.75. The predicted octanol–water partition coefficient (Wildman–Crippen LogP) is 2.39. The molecule has 0 spiro atoms. The van der Waals surface area contributed by atoms with Crippen molar-refractivity contribution in [3.63, 3.8) is 0 Å². The molecular formula is C17H31N5. The summed E-state index contributed by atoms with van der Waals surface area (Å²) in [5, 5.41) is 8.49. The Bertz CT molecular complexity index is 473. The van der Waals surface area contributed by atoms with Gasteiger partial charge in [-0.2, -0.15) is 5.10 Å². The van der Waals surface area contributed by atoms with Gasteiger partial charge in [-0.1, -0.05) is 20.8 Å². The van der Waals surface area contributed by atoms with Crippen LogP contribution in [0, 0.1) is 5.92 Å². The number of fused-ring (bicyclic) bond motifs is 1. The van der Waals surface area contributed by atoms with Crippen molar-refractivity contribution in [3.05, 3.63) is 11.6 Å². The molecule has 1 aromatic rings. The maximum Gasteiger partial charge on any atom is 0.150 e. The lowest BCUT2D eigenvalue weighted by molar-refractivity contribution is 0.169. The van der Waals surface area contributed by atoms with Crippen molar-refractivity contribution >= 4 is 0 Å². The zero-order chi connectivity index (χ0) is 15.5. The molecule has 2 aliphatic heterocycles. The minimum absolute atomic E-state index is 0.406. The van der Waals surface area contributed by atoms with E-state index in [9.17, 15) is 0 Å². The van der Waals surface area contributed by atoms with Crippen molar-refractivity contribution in [1.82, 2.24) is 25.0 Å². The Labute approximate surface area is 134 Å². The van der Waals surface area contributed by atoms with Crippen LogP contribution in [0.5, 0.6) is 0 Å². The Morgan fingerprint density at radius 1 is 1.18 bits per heavy atom. The van der Waals surface area contributed by atoms with Gasteiger partial charge in [0.25, 0.3) is 0 Å². The first kappa shape index (κ1) is 15.9. The van der Waals surface area contributed by atoms with Gasteiger partial charge in [0.05, 0.1) is 6.04 Å². The molecule has 3 heterocycles. The average Bonchev–Trinajstić information content (AvgIpc) is 2.93. The molecule has 0 bridgehead atoms. The van der Waals surface area contributed by atoms with E-state index in [-0.39, 0.29) is 0 Å². The molecule has 3 rings (SSSR count). The molecule has 1 aromatic heterocycles. The Morgan fingerprint density at radius 2 is 1.95 bits per heavy atom. The van der Waals surface area contributed by atoms with E-state index in [1.165, 1.54) is 51.1 Å². The second kappa shape index (κ2) is 7.09. The molecule has 1 atom stereocenters. The number of aromatic nitrogens is 3. The SMILES string of the molecule is CCc1nc2n(n1)CCC[C@@H]2NC1CCN(CC(C)C)CC1. The predicted molar refractivity (Wildman–Crippen MR) is 88.8 cm³/mol. The average molecular weight is 305 g/mol. The zero-order valence-electron chi connectivity index (χ0n) is 14.4. The molecule has 0 aliphatic carbocycles. The van der Waals surface area contributed by atoms with Gasteiger partial charge in [0, 0.05) is 25.6 Å². The van der Waals surface area contributed by atoms with E-state index >= 15 is 0 Å². The number of nitrogens with one attached hydrogen (secondary N) is 1. The maximum absolute atomic E-state index is 4.75. The number of nitrogens with zero attached hydrogens (tertiary/aromatic N) is 4. The Hall–Kier alpha value is -0.940. The van der Waals surface area contributed by atoms with Gasteiger partial charge in [-0.25, -0.2) is 9.67 Å². The molecule has 0 radical (unpaired) electrons. The second-order valence-corrected chi connectivity index (χ2v) is 7.29. The highest BCUT2D eigenvalue weighted by atomic mass is 15.4. The smallest absolute Gasteiger partial charge is 0.150 e. The highest BCUT2D eigenvalue weighted by Gasteiger charge is 2.28. The van der Waals surface area contributed by atoms with E-state index in [1.54, 1.807) is 0 Å². The first-order chi connectivity index (χ1) is 10.7. The van der Waals surface area contributed by atoms with Crippen LogP contribution in [0.25, 0.3) is 0 Å². The number of hydrogen-bond donors (Lipinski definition) is 1. The topological polar surface area (TPSA) is 46.0 Å². The van der Waals surface area contributed by atoms with E-state index < -0.39 is 0 Å². The highest BCUT2D eigenvalue weighted by Crippen LogP contribution is 2.25. The van der Waals surface area contributed by atoms with Crippen LogP contribution in [0.3, 0.4) is 0 Å². The van der Waals surface area contributed by atoms with Crippen LogP contribution in [-0.4, -0.2) is 45.3 Å². The van der Waals surface area contributed by atoms with E-state index in [4.69, 9.17) is 4.98 Å². The fourth-order valence-corrected chi connectivity index (χ4v) is 3.79. The number of hydrogen-bond acceptors (Lipinski definition) is 4. The highest BCUT2D eigenvalue weighted by molar-refractivity contribution is 5.03. The van der Waals surface area contributed by atoms with Gasteiger partial charge in [-0.05, 0) is 44.7 Å². The summed E-state index contributed by atoms with van der Waals surface area (Å²) in [6.07, 6.45) is 5.87. The molecule has 22 heavy (non-hydrogen) atoms. The van der Waals surface area contributed by atoms with E-state index in [2.05, 4.69) is 40.8 Å². The van der Waals surface area contributed by atoms with E-state index in [1.807, 2.05) is 0 Å². The summed E-state index contributed by atoms with van der Waals surface area (Å²) in [5.41, 5.74) is 0. The summed E-state index contributed by atoms with van der Waals surface area (Å²) in [4.78, 5) is 7.36. The Kier molecular flexibility index (Phi) is 5.14. The van der Waals surface area contributed by atoms with Crippen LogP contribution >= 0.6 is 0 Å². The van der Waals surface area contributed by atoms with Gasteiger partial charge < -0.3 is 10.2 Å². The fraction of sp³-hybridized carbons (Fsp3) is 0.882. The lowest BCUT2D eigenvalue weighted by Gasteiger charge is -2.36. The minimum Gasteiger partial charge on any atom is -0.304 e. The molecular weight excluding hydrogens is 274 g/mol. The van der Waals surface area contributed by atoms with Gasteiger partial charge in [0.15, 0.2) is 5.82 Å². The van der Waals surface area contributed by atoms with Crippen LogP contribution < -0.4 is 5.32 Å². The van der Waals surface area contributed by atoms with Crippen molar-refractivity contribution in [2.24, 2.45) is 5.92 Å². The van der Waals surface area contributed by atoms with Crippen molar-refractivity contribution in [1.29, 1.82) is 0 Å². The zero-order valence-corrected chi connectivity index (χ0v) is 14.4. The molecule has 0 unspecified atom stereocenters. The van der Waals surface area contributed by atoms with Crippen molar-refractivity contribution < 1.29 is 0 Å². The lowest BCUT2D eigenvalue weighted by Crippen LogP contribution is -2.45. The van der Waals surface area contributed by atoms with Crippen LogP contribution in [-0.2, 0) is 13.0 Å².